The number of aromatic nitrogens is 4. The van der Waals surface area contributed by atoms with Gasteiger partial charge in [0.05, 0.1) is 11.7 Å². The van der Waals surface area contributed by atoms with Crippen molar-refractivity contribution in [2.75, 3.05) is 6.54 Å². The molecule has 1 unspecified atom stereocenters. The van der Waals surface area contributed by atoms with Gasteiger partial charge in [0.25, 0.3) is 5.78 Å². The monoisotopic (exact) mass is 327 g/mol. The third-order valence-electron chi connectivity index (χ3n) is 5.62. The zero-order valence-corrected chi connectivity index (χ0v) is 14.1. The van der Waals surface area contributed by atoms with Crippen molar-refractivity contribution in [3.63, 3.8) is 0 Å². The largest absolute Gasteiger partial charge is 0.334 e. The van der Waals surface area contributed by atoms with E-state index in [1.165, 1.54) is 32.0 Å². The Hall–Kier alpha value is -1.98. The van der Waals surface area contributed by atoms with E-state index in [0.29, 0.717) is 18.1 Å². The van der Waals surface area contributed by atoms with Crippen LogP contribution in [0.25, 0.3) is 5.78 Å². The molecule has 1 saturated carbocycles. The highest BCUT2D eigenvalue weighted by molar-refractivity contribution is 5.76. The maximum absolute atomic E-state index is 12.9. The molecule has 2 aliphatic rings. The lowest BCUT2D eigenvalue weighted by molar-refractivity contribution is -0.135. The fourth-order valence-electron chi connectivity index (χ4n) is 4.32. The van der Waals surface area contributed by atoms with E-state index in [-0.39, 0.29) is 6.04 Å². The molecular weight excluding hydrogens is 302 g/mol. The number of likely N-dealkylation sites (tertiary alicyclic amines) is 1. The lowest BCUT2D eigenvalue weighted by atomic mass is 9.96. The van der Waals surface area contributed by atoms with Gasteiger partial charge in [-0.1, -0.05) is 25.7 Å². The molecule has 0 N–H and O–H groups in total. The number of rotatable bonds is 4. The third kappa shape index (κ3) is 3.01. The van der Waals surface area contributed by atoms with Gasteiger partial charge in [-0.15, -0.1) is 0 Å². The molecule has 128 valence electrons. The average Bonchev–Trinajstić information content (AvgIpc) is 3.30. The SMILES string of the molecule is O=C(CCC1CCCC1)N1CCCCC1c1ccnc2ncnn12. The van der Waals surface area contributed by atoms with Gasteiger partial charge in [0.15, 0.2) is 0 Å². The predicted molar refractivity (Wildman–Crippen MR) is 90.3 cm³/mol. The summed E-state index contributed by atoms with van der Waals surface area (Å²) in [7, 11) is 0. The molecule has 0 radical (unpaired) electrons. The van der Waals surface area contributed by atoms with Crippen LogP contribution < -0.4 is 0 Å². The number of nitrogens with zero attached hydrogens (tertiary/aromatic N) is 5. The van der Waals surface area contributed by atoms with Gasteiger partial charge in [0.1, 0.15) is 6.33 Å². The number of carbonyl (C=O) groups is 1. The van der Waals surface area contributed by atoms with Crippen molar-refractivity contribution in [1.29, 1.82) is 0 Å². The number of fused-ring (bicyclic) bond motifs is 1. The summed E-state index contributed by atoms with van der Waals surface area (Å²) in [5.41, 5.74) is 1.03. The van der Waals surface area contributed by atoms with E-state index in [2.05, 4.69) is 20.0 Å². The molecule has 1 aliphatic carbocycles. The second kappa shape index (κ2) is 6.87. The van der Waals surface area contributed by atoms with E-state index in [9.17, 15) is 4.79 Å². The number of carbonyl (C=O) groups excluding carboxylic acids is 1. The van der Waals surface area contributed by atoms with Crippen LogP contribution in [0.5, 0.6) is 0 Å². The van der Waals surface area contributed by atoms with Gasteiger partial charge in [-0.3, -0.25) is 4.79 Å². The van der Waals surface area contributed by atoms with Crippen LogP contribution >= 0.6 is 0 Å². The van der Waals surface area contributed by atoms with E-state index in [1.807, 2.05) is 6.07 Å². The standard InChI is InChI=1S/C18H25N5O/c24-17(9-8-14-5-1-2-6-14)22-12-4-3-7-15(22)16-10-11-19-18-20-13-21-23(16)18/h10-11,13-15H,1-9,12H2. The Labute approximate surface area is 142 Å². The molecule has 1 saturated heterocycles. The van der Waals surface area contributed by atoms with Crippen LogP contribution in [-0.4, -0.2) is 36.9 Å². The minimum atomic E-state index is 0.0991. The van der Waals surface area contributed by atoms with Gasteiger partial charge < -0.3 is 4.90 Å². The lowest BCUT2D eigenvalue weighted by Gasteiger charge is -2.36. The molecule has 2 aromatic rings. The van der Waals surface area contributed by atoms with Crippen molar-refractivity contribution in [3.8, 4) is 0 Å². The van der Waals surface area contributed by atoms with E-state index >= 15 is 0 Å². The lowest BCUT2D eigenvalue weighted by Crippen LogP contribution is -2.39. The minimum absolute atomic E-state index is 0.0991. The average molecular weight is 327 g/mol. The van der Waals surface area contributed by atoms with Crippen LogP contribution in [0, 0.1) is 5.92 Å². The molecule has 0 bridgehead atoms. The number of piperidine rings is 1. The molecule has 4 rings (SSSR count). The summed E-state index contributed by atoms with van der Waals surface area (Å²) in [6, 6.07) is 2.08. The molecule has 0 spiro atoms. The molecule has 6 nitrogen and oxygen atoms in total. The molecule has 1 aliphatic heterocycles. The van der Waals surface area contributed by atoms with Gasteiger partial charge in [-0.25, -0.2) is 4.98 Å². The molecule has 6 heteroatoms. The second-order valence-corrected chi connectivity index (χ2v) is 7.13. The van der Waals surface area contributed by atoms with Gasteiger partial charge in [0, 0.05) is 19.2 Å². The number of amides is 1. The highest BCUT2D eigenvalue weighted by atomic mass is 16.2. The minimum Gasteiger partial charge on any atom is -0.334 e. The number of hydrogen-bond donors (Lipinski definition) is 0. The Bertz CT molecular complexity index is 706. The highest BCUT2D eigenvalue weighted by Crippen LogP contribution is 2.33. The third-order valence-corrected chi connectivity index (χ3v) is 5.62. The quantitative estimate of drug-likeness (QED) is 0.865. The topological polar surface area (TPSA) is 63.4 Å². The summed E-state index contributed by atoms with van der Waals surface area (Å²) in [6.45, 7) is 0.854. The van der Waals surface area contributed by atoms with E-state index in [1.54, 1.807) is 10.7 Å². The first-order valence-electron chi connectivity index (χ1n) is 9.27. The zero-order valence-electron chi connectivity index (χ0n) is 14.1. The molecule has 0 aromatic carbocycles. The van der Waals surface area contributed by atoms with Crippen LogP contribution in [-0.2, 0) is 4.79 Å². The Kier molecular flexibility index (Phi) is 4.45. The first-order valence-corrected chi connectivity index (χ1v) is 9.27. The molecule has 2 fully saturated rings. The van der Waals surface area contributed by atoms with Crippen LogP contribution in [0.2, 0.25) is 0 Å². The van der Waals surface area contributed by atoms with Crippen molar-refractivity contribution >= 4 is 11.7 Å². The van der Waals surface area contributed by atoms with E-state index in [0.717, 1.165) is 43.8 Å². The summed E-state index contributed by atoms with van der Waals surface area (Å²) in [5.74, 6) is 1.67. The molecule has 3 heterocycles. The summed E-state index contributed by atoms with van der Waals surface area (Å²) >= 11 is 0. The van der Waals surface area contributed by atoms with Gasteiger partial charge in [-0.2, -0.15) is 14.6 Å². The Morgan fingerprint density at radius 3 is 2.83 bits per heavy atom. The maximum Gasteiger partial charge on any atom is 0.252 e. The van der Waals surface area contributed by atoms with Crippen molar-refractivity contribution in [1.82, 2.24) is 24.5 Å². The molecule has 1 amide bonds. The summed E-state index contributed by atoms with van der Waals surface area (Å²) in [6.07, 6.45) is 13.6. The molecule has 24 heavy (non-hydrogen) atoms. The number of hydrogen-bond acceptors (Lipinski definition) is 4. The highest BCUT2D eigenvalue weighted by Gasteiger charge is 2.30. The Balaban J connectivity index is 1.52. The van der Waals surface area contributed by atoms with Crippen molar-refractivity contribution < 1.29 is 4.79 Å². The maximum atomic E-state index is 12.9. The molecular formula is C18H25N5O. The van der Waals surface area contributed by atoms with Gasteiger partial charge in [0.2, 0.25) is 5.91 Å². The smallest absolute Gasteiger partial charge is 0.252 e. The van der Waals surface area contributed by atoms with Crippen molar-refractivity contribution in [3.05, 3.63) is 24.3 Å². The summed E-state index contributed by atoms with van der Waals surface area (Å²) in [5, 5.41) is 4.30. The van der Waals surface area contributed by atoms with Crippen molar-refractivity contribution in [2.24, 2.45) is 5.92 Å². The van der Waals surface area contributed by atoms with Crippen molar-refractivity contribution in [2.45, 2.75) is 63.8 Å². The summed E-state index contributed by atoms with van der Waals surface area (Å²) < 4.78 is 1.78. The fourth-order valence-corrected chi connectivity index (χ4v) is 4.32. The second-order valence-electron chi connectivity index (χ2n) is 7.13. The van der Waals surface area contributed by atoms with E-state index < -0.39 is 0 Å². The van der Waals surface area contributed by atoms with Crippen LogP contribution in [0.15, 0.2) is 18.6 Å². The van der Waals surface area contributed by atoms with Crippen LogP contribution in [0.3, 0.4) is 0 Å². The normalized spacial score (nSPS) is 22.3. The Morgan fingerprint density at radius 1 is 1.12 bits per heavy atom. The van der Waals surface area contributed by atoms with Crippen LogP contribution in [0.1, 0.15) is 69.5 Å². The Morgan fingerprint density at radius 2 is 1.96 bits per heavy atom. The first kappa shape index (κ1) is 15.5. The van der Waals surface area contributed by atoms with Gasteiger partial charge in [-0.05, 0) is 37.7 Å². The molecule has 1 atom stereocenters. The predicted octanol–water partition coefficient (Wildman–Crippen LogP) is 3.15. The first-order chi connectivity index (χ1) is 11.8. The fraction of sp³-hybridized carbons (Fsp3) is 0.667. The van der Waals surface area contributed by atoms with E-state index in [4.69, 9.17) is 0 Å². The summed E-state index contributed by atoms with van der Waals surface area (Å²) in [4.78, 5) is 23.4. The van der Waals surface area contributed by atoms with Crippen LogP contribution in [0.4, 0.5) is 0 Å². The molecule has 2 aromatic heterocycles. The zero-order chi connectivity index (χ0) is 16.4. The van der Waals surface area contributed by atoms with Gasteiger partial charge >= 0.3 is 0 Å².